The zero-order chi connectivity index (χ0) is 10.7. The van der Waals surface area contributed by atoms with Crippen LogP contribution in [0.25, 0.3) is 0 Å². The van der Waals surface area contributed by atoms with Crippen LogP contribution in [0.15, 0.2) is 0 Å². The summed E-state index contributed by atoms with van der Waals surface area (Å²) in [6, 6.07) is 0.115. The standard InChI is InChI=1S/C10H19NO3/c1-7(2)11-6-5-8(13-3)9(11)10(12)14-4/h7-9H,5-6H2,1-4H3/t8-,9-/m0/s1. The highest BCUT2D eigenvalue weighted by Gasteiger charge is 2.41. The first-order chi connectivity index (χ1) is 6.61. The first kappa shape index (κ1) is 11.5. The van der Waals surface area contributed by atoms with E-state index in [0.29, 0.717) is 6.04 Å². The molecule has 0 aromatic heterocycles. The van der Waals surface area contributed by atoms with E-state index < -0.39 is 0 Å². The van der Waals surface area contributed by atoms with Crippen molar-refractivity contribution in [3.05, 3.63) is 0 Å². The van der Waals surface area contributed by atoms with Crippen molar-refractivity contribution in [2.24, 2.45) is 0 Å². The summed E-state index contributed by atoms with van der Waals surface area (Å²) in [5.74, 6) is -0.192. The molecule has 82 valence electrons. The van der Waals surface area contributed by atoms with Gasteiger partial charge in [0.1, 0.15) is 6.04 Å². The van der Waals surface area contributed by atoms with E-state index in [1.165, 1.54) is 7.11 Å². The van der Waals surface area contributed by atoms with Crippen molar-refractivity contribution < 1.29 is 14.3 Å². The summed E-state index contributed by atoms with van der Waals surface area (Å²) in [5.41, 5.74) is 0. The molecule has 1 aliphatic heterocycles. The van der Waals surface area contributed by atoms with Crippen LogP contribution in [-0.4, -0.2) is 49.8 Å². The van der Waals surface area contributed by atoms with Crippen molar-refractivity contribution in [3.63, 3.8) is 0 Å². The molecule has 0 unspecified atom stereocenters. The van der Waals surface area contributed by atoms with Gasteiger partial charge < -0.3 is 9.47 Å². The summed E-state index contributed by atoms with van der Waals surface area (Å²) in [5, 5.41) is 0. The molecule has 4 heteroatoms. The average molecular weight is 201 g/mol. The lowest BCUT2D eigenvalue weighted by Crippen LogP contribution is -2.46. The fourth-order valence-corrected chi connectivity index (χ4v) is 2.02. The van der Waals surface area contributed by atoms with Gasteiger partial charge >= 0.3 is 5.97 Å². The number of nitrogens with zero attached hydrogens (tertiary/aromatic N) is 1. The van der Waals surface area contributed by atoms with Crippen molar-refractivity contribution >= 4 is 5.97 Å². The fourth-order valence-electron chi connectivity index (χ4n) is 2.02. The van der Waals surface area contributed by atoms with Gasteiger partial charge in [-0.05, 0) is 20.3 Å². The largest absolute Gasteiger partial charge is 0.468 e. The van der Waals surface area contributed by atoms with Crippen LogP contribution in [0.1, 0.15) is 20.3 Å². The molecule has 1 heterocycles. The minimum Gasteiger partial charge on any atom is -0.468 e. The third kappa shape index (κ3) is 2.07. The number of esters is 1. The van der Waals surface area contributed by atoms with Gasteiger partial charge in [0, 0.05) is 19.7 Å². The number of carbonyl (C=O) groups is 1. The molecule has 1 saturated heterocycles. The Labute approximate surface area is 85.2 Å². The molecular formula is C10H19NO3. The maximum Gasteiger partial charge on any atom is 0.325 e. The van der Waals surface area contributed by atoms with Gasteiger partial charge in [0.15, 0.2) is 0 Å². The normalized spacial score (nSPS) is 28.4. The number of hydrogen-bond donors (Lipinski definition) is 0. The van der Waals surface area contributed by atoms with E-state index in [2.05, 4.69) is 18.7 Å². The quantitative estimate of drug-likeness (QED) is 0.629. The highest BCUT2D eigenvalue weighted by Crippen LogP contribution is 2.23. The van der Waals surface area contributed by atoms with Crippen LogP contribution in [0.5, 0.6) is 0 Å². The van der Waals surface area contributed by atoms with Gasteiger partial charge in [-0.15, -0.1) is 0 Å². The van der Waals surface area contributed by atoms with Crippen LogP contribution in [0.4, 0.5) is 0 Å². The summed E-state index contributed by atoms with van der Waals surface area (Å²) in [7, 11) is 3.07. The van der Waals surface area contributed by atoms with Gasteiger partial charge in [-0.25, -0.2) is 0 Å². The molecule has 0 radical (unpaired) electrons. The van der Waals surface area contributed by atoms with Gasteiger partial charge in [-0.2, -0.15) is 0 Å². The number of hydrogen-bond acceptors (Lipinski definition) is 4. The Morgan fingerprint density at radius 2 is 2.07 bits per heavy atom. The van der Waals surface area contributed by atoms with Crippen LogP contribution in [0, 0.1) is 0 Å². The summed E-state index contributed by atoms with van der Waals surface area (Å²) >= 11 is 0. The van der Waals surface area contributed by atoms with Gasteiger partial charge in [-0.1, -0.05) is 0 Å². The molecule has 0 aromatic rings. The van der Waals surface area contributed by atoms with Crippen molar-refractivity contribution in [1.82, 2.24) is 4.90 Å². The Kier molecular flexibility index (Phi) is 3.89. The number of carbonyl (C=O) groups excluding carboxylic acids is 1. The van der Waals surface area contributed by atoms with Crippen LogP contribution in [0.2, 0.25) is 0 Å². The molecule has 0 amide bonds. The Balaban J connectivity index is 2.75. The Bertz CT molecular complexity index is 206. The SMILES string of the molecule is COC(=O)[C@@H]1[C@@H](OC)CCN1C(C)C. The van der Waals surface area contributed by atoms with Crippen molar-refractivity contribution in [3.8, 4) is 0 Å². The summed E-state index contributed by atoms with van der Waals surface area (Å²) in [6.45, 7) is 5.05. The molecule has 1 fully saturated rings. The Morgan fingerprint density at radius 3 is 2.50 bits per heavy atom. The summed E-state index contributed by atoms with van der Waals surface area (Å²) in [4.78, 5) is 13.7. The fraction of sp³-hybridized carbons (Fsp3) is 0.900. The minimum absolute atomic E-state index is 0.0233. The van der Waals surface area contributed by atoms with Crippen molar-refractivity contribution in [1.29, 1.82) is 0 Å². The maximum atomic E-state index is 11.6. The highest BCUT2D eigenvalue weighted by atomic mass is 16.5. The van der Waals surface area contributed by atoms with E-state index in [-0.39, 0.29) is 18.1 Å². The molecule has 2 atom stereocenters. The summed E-state index contributed by atoms with van der Waals surface area (Å²) < 4.78 is 10.1. The van der Waals surface area contributed by atoms with Crippen LogP contribution < -0.4 is 0 Å². The second-order valence-electron chi connectivity index (χ2n) is 3.86. The first-order valence-electron chi connectivity index (χ1n) is 4.98. The Hall–Kier alpha value is -0.610. The lowest BCUT2D eigenvalue weighted by atomic mass is 10.1. The number of likely N-dealkylation sites (tertiary alicyclic amines) is 1. The van der Waals surface area contributed by atoms with E-state index in [0.717, 1.165) is 13.0 Å². The van der Waals surface area contributed by atoms with Gasteiger partial charge in [0.2, 0.25) is 0 Å². The molecule has 0 bridgehead atoms. The van der Waals surface area contributed by atoms with Crippen molar-refractivity contribution in [2.45, 2.75) is 38.5 Å². The Morgan fingerprint density at radius 1 is 1.43 bits per heavy atom. The van der Waals surface area contributed by atoms with Gasteiger partial charge in [0.25, 0.3) is 0 Å². The third-order valence-electron chi connectivity index (χ3n) is 2.79. The molecule has 14 heavy (non-hydrogen) atoms. The van der Waals surface area contributed by atoms with E-state index in [1.807, 2.05) is 0 Å². The van der Waals surface area contributed by atoms with Crippen LogP contribution >= 0.6 is 0 Å². The first-order valence-corrected chi connectivity index (χ1v) is 4.98. The number of rotatable bonds is 3. The van der Waals surface area contributed by atoms with Gasteiger partial charge in [0.05, 0.1) is 13.2 Å². The predicted octanol–water partition coefficient (Wildman–Crippen LogP) is 0.657. The molecule has 1 rings (SSSR count). The average Bonchev–Trinajstić information content (AvgIpc) is 2.59. The van der Waals surface area contributed by atoms with E-state index >= 15 is 0 Å². The molecule has 4 nitrogen and oxygen atoms in total. The number of ether oxygens (including phenoxy) is 2. The summed E-state index contributed by atoms with van der Waals surface area (Å²) in [6.07, 6.45) is 0.874. The van der Waals surface area contributed by atoms with Gasteiger partial charge in [-0.3, -0.25) is 9.69 Å². The molecule has 1 aliphatic rings. The van der Waals surface area contributed by atoms with E-state index in [1.54, 1.807) is 7.11 Å². The zero-order valence-electron chi connectivity index (χ0n) is 9.32. The molecule has 0 N–H and O–H groups in total. The third-order valence-corrected chi connectivity index (χ3v) is 2.79. The van der Waals surface area contributed by atoms with Crippen LogP contribution in [-0.2, 0) is 14.3 Å². The lowest BCUT2D eigenvalue weighted by molar-refractivity contribution is -0.150. The lowest BCUT2D eigenvalue weighted by Gasteiger charge is -2.28. The topological polar surface area (TPSA) is 38.8 Å². The monoisotopic (exact) mass is 201 g/mol. The van der Waals surface area contributed by atoms with Crippen molar-refractivity contribution in [2.75, 3.05) is 20.8 Å². The van der Waals surface area contributed by atoms with E-state index in [9.17, 15) is 4.79 Å². The van der Waals surface area contributed by atoms with Crippen LogP contribution in [0.3, 0.4) is 0 Å². The zero-order valence-corrected chi connectivity index (χ0v) is 9.32. The number of methoxy groups -OCH3 is 2. The molecule has 0 aliphatic carbocycles. The van der Waals surface area contributed by atoms with E-state index in [4.69, 9.17) is 9.47 Å². The molecule has 0 spiro atoms. The maximum absolute atomic E-state index is 11.6. The second kappa shape index (κ2) is 4.75. The molecule has 0 saturated carbocycles. The smallest absolute Gasteiger partial charge is 0.325 e. The highest BCUT2D eigenvalue weighted by molar-refractivity contribution is 5.77. The minimum atomic E-state index is -0.231. The predicted molar refractivity (Wildman–Crippen MR) is 53.1 cm³/mol. The molecule has 0 aromatic carbocycles. The molecular weight excluding hydrogens is 182 g/mol. The second-order valence-corrected chi connectivity index (χ2v) is 3.86.